The number of ether oxygens (including phenoxy) is 5. The number of hydrogen-bond acceptors (Lipinski definition) is 14. The van der Waals surface area contributed by atoms with Gasteiger partial charge in [0, 0.05) is 25.9 Å². The van der Waals surface area contributed by atoms with Crippen molar-refractivity contribution in [1.29, 1.82) is 0 Å². The number of nitrogens with one attached hydrogen (secondary N) is 2. The van der Waals surface area contributed by atoms with E-state index in [1.54, 1.807) is 0 Å². The first-order valence-electron chi connectivity index (χ1n) is 18.4. The van der Waals surface area contributed by atoms with Crippen LogP contribution in [-0.4, -0.2) is 148 Å². The number of carboxylic acid groups (broad SMARTS) is 1. The number of carbonyl (C=O) groups is 3. The molecule has 2 aliphatic heterocycles. The van der Waals surface area contributed by atoms with Gasteiger partial charge < -0.3 is 70.7 Å². The Bertz CT molecular complexity index is 1130. The van der Waals surface area contributed by atoms with Crippen molar-refractivity contribution < 1.29 is 68.7 Å². The molecule has 0 radical (unpaired) electrons. The zero-order valence-corrected chi connectivity index (χ0v) is 29.7. The summed E-state index contributed by atoms with van der Waals surface area (Å²) in [6.07, 6.45) is -9.92. The molecule has 17 heteroatoms. The quantitative estimate of drug-likeness (QED) is 0.0926. The topological polar surface area (TPSA) is 269 Å². The number of amides is 2. The Kier molecular flexibility index (Phi) is 15.8. The second kappa shape index (κ2) is 19.3. The zero-order chi connectivity index (χ0) is 37.4. The fraction of sp³-hybridized carbons (Fsp3) is 0.912. The molecule has 294 valence electrons. The molecule has 51 heavy (non-hydrogen) atoms. The van der Waals surface area contributed by atoms with E-state index in [0.29, 0.717) is 12.8 Å². The predicted octanol–water partition coefficient (Wildman–Crippen LogP) is -1.51. The van der Waals surface area contributed by atoms with Gasteiger partial charge in [-0.2, -0.15) is 0 Å². The summed E-state index contributed by atoms with van der Waals surface area (Å²) in [5, 5.41) is 68.8. The standard InChI is InChI=1S/C34H59N3O14/c1-4-19-13-20(31(44)36-11-10-35)14-21(29(19)51-34-28(43)27(42)25(40)16(2)47-34)49-33-24(37-17(3)39)30(26(41)23(15-38)50-33)48-22(32(45)46)12-18-8-6-5-7-9-18/h16,18-30,33-34,38,40-43H,4-15,35H2,1-3H3,(H,36,44)(H,37,39)(H,45,46)/t16-,19?,20?,21+,22-,23?,24?,25?,26?,27-,28-,29+,30?,33+,34?/m0/s1. The zero-order valence-electron chi connectivity index (χ0n) is 29.7. The number of nitrogens with two attached hydrogens (primary N) is 1. The van der Waals surface area contributed by atoms with Crippen LogP contribution in [-0.2, 0) is 38.1 Å². The van der Waals surface area contributed by atoms with Crippen LogP contribution in [0.1, 0.15) is 78.6 Å². The smallest absolute Gasteiger partial charge is 0.332 e. The highest BCUT2D eigenvalue weighted by molar-refractivity contribution is 5.78. The highest BCUT2D eigenvalue weighted by atomic mass is 16.7. The minimum atomic E-state index is -1.62. The third-order valence-corrected chi connectivity index (χ3v) is 10.8. The number of aliphatic hydroxyl groups is 5. The summed E-state index contributed by atoms with van der Waals surface area (Å²) in [6, 6.07) is -1.27. The number of rotatable bonds is 15. The molecule has 2 amide bonds. The monoisotopic (exact) mass is 733 g/mol. The summed E-state index contributed by atoms with van der Waals surface area (Å²) in [6.45, 7) is 4.41. The van der Waals surface area contributed by atoms with E-state index in [9.17, 15) is 45.0 Å². The van der Waals surface area contributed by atoms with Gasteiger partial charge in [0.05, 0.1) is 24.9 Å². The molecule has 0 aromatic heterocycles. The Morgan fingerprint density at radius 1 is 0.922 bits per heavy atom. The number of carbonyl (C=O) groups excluding carboxylic acids is 2. The molecular formula is C34H59N3O14. The number of hydrogen-bond donors (Lipinski definition) is 9. The van der Waals surface area contributed by atoms with E-state index in [4.69, 9.17) is 29.4 Å². The highest BCUT2D eigenvalue weighted by Gasteiger charge is 2.52. The molecule has 2 aliphatic carbocycles. The van der Waals surface area contributed by atoms with Crippen molar-refractivity contribution in [2.24, 2.45) is 23.5 Å². The molecule has 0 aromatic carbocycles. The van der Waals surface area contributed by atoms with Gasteiger partial charge in [0.25, 0.3) is 0 Å². The van der Waals surface area contributed by atoms with Gasteiger partial charge in [0.15, 0.2) is 18.7 Å². The Morgan fingerprint density at radius 3 is 2.24 bits per heavy atom. The van der Waals surface area contributed by atoms with Gasteiger partial charge in [-0.15, -0.1) is 0 Å². The van der Waals surface area contributed by atoms with Crippen molar-refractivity contribution in [3.05, 3.63) is 0 Å². The highest BCUT2D eigenvalue weighted by Crippen LogP contribution is 2.40. The third-order valence-electron chi connectivity index (χ3n) is 10.8. The maximum absolute atomic E-state index is 13.3. The van der Waals surface area contributed by atoms with Crippen molar-refractivity contribution in [2.45, 2.75) is 158 Å². The van der Waals surface area contributed by atoms with Gasteiger partial charge in [-0.1, -0.05) is 45.4 Å². The molecule has 2 heterocycles. The molecule has 0 spiro atoms. The van der Waals surface area contributed by atoms with E-state index >= 15 is 0 Å². The van der Waals surface area contributed by atoms with Crippen LogP contribution >= 0.6 is 0 Å². The van der Waals surface area contributed by atoms with Crippen LogP contribution in [0.3, 0.4) is 0 Å². The van der Waals surface area contributed by atoms with Gasteiger partial charge >= 0.3 is 5.97 Å². The van der Waals surface area contributed by atoms with Crippen molar-refractivity contribution in [3.8, 4) is 0 Å². The summed E-state index contributed by atoms with van der Waals surface area (Å²) < 4.78 is 30.8. The van der Waals surface area contributed by atoms with E-state index in [-0.39, 0.29) is 43.7 Å². The van der Waals surface area contributed by atoms with Crippen LogP contribution in [0.5, 0.6) is 0 Å². The molecule has 8 unspecified atom stereocenters. The molecule has 4 fully saturated rings. The minimum Gasteiger partial charge on any atom is -0.479 e. The predicted molar refractivity (Wildman–Crippen MR) is 178 cm³/mol. The van der Waals surface area contributed by atoms with Crippen LogP contribution < -0.4 is 16.4 Å². The molecule has 2 saturated carbocycles. The summed E-state index contributed by atoms with van der Waals surface area (Å²) in [4.78, 5) is 38.3. The first kappa shape index (κ1) is 41.7. The van der Waals surface area contributed by atoms with Crippen LogP contribution in [0, 0.1) is 17.8 Å². The lowest BCUT2D eigenvalue weighted by Crippen LogP contribution is -2.67. The van der Waals surface area contributed by atoms with Crippen LogP contribution in [0.15, 0.2) is 0 Å². The van der Waals surface area contributed by atoms with Crippen molar-refractivity contribution >= 4 is 17.8 Å². The van der Waals surface area contributed by atoms with E-state index < -0.39 is 104 Å². The second-order valence-corrected chi connectivity index (χ2v) is 14.5. The maximum Gasteiger partial charge on any atom is 0.332 e. The molecule has 4 rings (SSSR count). The summed E-state index contributed by atoms with van der Waals surface area (Å²) >= 11 is 0. The van der Waals surface area contributed by atoms with E-state index in [0.717, 1.165) is 32.1 Å². The second-order valence-electron chi connectivity index (χ2n) is 14.5. The minimum absolute atomic E-state index is 0.0606. The van der Waals surface area contributed by atoms with Gasteiger partial charge in [-0.05, 0) is 38.0 Å². The van der Waals surface area contributed by atoms with E-state index in [2.05, 4.69) is 10.6 Å². The first-order valence-corrected chi connectivity index (χ1v) is 18.4. The largest absolute Gasteiger partial charge is 0.479 e. The van der Waals surface area contributed by atoms with Gasteiger partial charge in [0.1, 0.15) is 42.7 Å². The molecular weight excluding hydrogens is 674 g/mol. The Balaban J connectivity index is 1.66. The number of carboxylic acids is 1. The lowest BCUT2D eigenvalue weighted by molar-refractivity contribution is -0.338. The number of aliphatic carboxylic acids is 1. The van der Waals surface area contributed by atoms with Gasteiger partial charge in [-0.25, -0.2) is 4.79 Å². The molecule has 2 saturated heterocycles. The molecule has 15 atom stereocenters. The lowest BCUT2D eigenvalue weighted by Gasteiger charge is -2.49. The molecule has 0 bridgehead atoms. The van der Waals surface area contributed by atoms with Crippen LogP contribution in [0.4, 0.5) is 0 Å². The Hall–Kier alpha value is -2.03. The average molecular weight is 734 g/mol. The maximum atomic E-state index is 13.3. The fourth-order valence-corrected chi connectivity index (χ4v) is 7.92. The Morgan fingerprint density at radius 2 is 1.63 bits per heavy atom. The average Bonchev–Trinajstić information content (AvgIpc) is 3.11. The van der Waals surface area contributed by atoms with Crippen molar-refractivity contribution in [1.82, 2.24) is 10.6 Å². The number of aliphatic hydroxyl groups excluding tert-OH is 5. The lowest BCUT2D eigenvalue weighted by atomic mass is 9.75. The van der Waals surface area contributed by atoms with Gasteiger partial charge in [0.2, 0.25) is 11.8 Å². The van der Waals surface area contributed by atoms with Crippen molar-refractivity contribution in [3.63, 3.8) is 0 Å². The third kappa shape index (κ3) is 10.6. The normalized spacial score (nSPS) is 39.9. The summed E-state index contributed by atoms with van der Waals surface area (Å²) in [5.41, 5.74) is 5.62. The Labute approximate surface area is 298 Å². The first-order chi connectivity index (χ1) is 24.3. The molecule has 10 N–H and O–H groups in total. The molecule has 0 aromatic rings. The summed E-state index contributed by atoms with van der Waals surface area (Å²) in [7, 11) is 0. The van der Waals surface area contributed by atoms with Crippen molar-refractivity contribution in [2.75, 3.05) is 19.7 Å². The van der Waals surface area contributed by atoms with Crippen LogP contribution in [0.2, 0.25) is 0 Å². The SMILES string of the molecule is CCC1CC(C(=O)NCCN)C[C@@H](O[C@@H]2OC(CO)C(O)C(O[C@@H](CC3CCCCC3)C(=O)O)C2NC(C)=O)[C@@H]1OC1O[C@@H](C)C(O)[C@H](O)[C@@H]1O. The van der Waals surface area contributed by atoms with E-state index in [1.165, 1.54) is 13.8 Å². The molecule has 4 aliphatic rings. The summed E-state index contributed by atoms with van der Waals surface area (Å²) in [5.74, 6) is -2.91. The van der Waals surface area contributed by atoms with Crippen LogP contribution in [0.25, 0.3) is 0 Å². The fourth-order valence-electron chi connectivity index (χ4n) is 7.92. The molecule has 17 nitrogen and oxygen atoms in total. The van der Waals surface area contributed by atoms with E-state index in [1.807, 2.05) is 6.92 Å². The van der Waals surface area contributed by atoms with Gasteiger partial charge in [-0.3, -0.25) is 9.59 Å².